The fourth-order valence-electron chi connectivity index (χ4n) is 4.79. The first kappa shape index (κ1) is 13.2. The van der Waals surface area contributed by atoms with Crippen LogP contribution in [0.15, 0.2) is 12.1 Å². The molecular formula is C18H26O. The Balaban J connectivity index is 1.75. The summed E-state index contributed by atoms with van der Waals surface area (Å²) >= 11 is 0. The highest BCUT2D eigenvalue weighted by Crippen LogP contribution is 2.51. The molecule has 0 heterocycles. The molecule has 1 heteroatoms. The molecule has 19 heavy (non-hydrogen) atoms. The molecule has 104 valence electrons. The lowest BCUT2D eigenvalue weighted by atomic mass is 9.82. The highest BCUT2D eigenvalue weighted by molar-refractivity contribution is 5.39. The van der Waals surface area contributed by atoms with Gasteiger partial charge >= 0.3 is 0 Å². The molecule has 2 fully saturated rings. The van der Waals surface area contributed by atoms with Crippen molar-refractivity contribution in [1.82, 2.24) is 0 Å². The van der Waals surface area contributed by atoms with Crippen molar-refractivity contribution < 1.29 is 5.11 Å². The maximum absolute atomic E-state index is 10.7. The molecule has 1 aromatic carbocycles. The SMILES string of the molecule is Cc1cc(C)c(C(O)CC2CC3CCC2C3)c(C)c1. The summed E-state index contributed by atoms with van der Waals surface area (Å²) in [6, 6.07) is 4.40. The minimum absolute atomic E-state index is 0.259. The third kappa shape index (κ3) is 2.45. The first-order chi connectivity index (χ1) is 9.04. The molecule has 4 unspecified atom stereocenters. The number of hydrogen-bond acceptors (Lipinski definition) is 1. The molecule has 1 aromatic rings. The lowest BCUT2D eigenvalue weighted by molar-refractivity contribution is 0.124. The first-order valence-corrected chi connectivity index (χ1v) is 7.80. The standard InChI is InChI=1S/C18H26O/c1-11-6-12(2)18(13(3)7-11)17(19)10-16-9-14-4-5-15(16)8-14/h6-7,14-17,19H,4-5,8-10H2,1-3H3. The van der Waals surface area contributed by atoms with Crippen LogP contribution in [0.5, 0.6) is 0 Å². The Labute approximate surface area is 117 Å². The summed E-state index contributed by atoms with van der Waals surface area (Å²) in [6.07, 6.45) is 6.37. The van der Waals surface area contributed by atoms with Crippen LogP contribution in [0.4, 0.5) is 0 Å². The molecule has 2 bridgehead atoms. The van der Waals surface area contributed by atoms with E-state index in [1.807, 2.05) is 0 Å². The third-order valence-corrected chi connectivity index (χ3v) is 5.48. The van der Waals surface area contributed by atoms with E-state index in [4.69, 9.17) is 0 Å². The maximum atomic E-state index is 10.7. The predicted molar refractivity (Wildman–Crippen MR) is 79.2 cm³/mol. The second-order valence-electron chi connectivity index (χ2n) is 7.00. The topological polar surface area (TPSA) is 20.2 Å². The van der Waals surface area contributed by atoms with Crippen molar-refractivity contribution in [2.45, 2.75) is 59.0 Å². The quantitative estimate of drug-likeness (QED) is 0.848. The summed E-state index contributed by atoms with van der Waals surface area (Å²) in [4.78, 5) is 0. The Morgan fingerprint density at radius 2 is 1.79 bits per heavy atom. The van der Waals surface area contributed by atoms with Gasteiger partial charge in [0.05, 0.1) is 6.10 Å². The van der Waals surface area contributed by atoms with Gasteiger partial charge in [0.2, 0.25) is 0 Å². The summed E-state index contributed by atoms with van der Waals surface area (Å²) in [7, 11) is 0. The molecule has 0 saturated heterocycles. The van der Waals surface area contributed by atoms with E-state index in [2.05, 4.69) is 32.9 Å². The number of aliphatic hydroxyl groups is 1. The summed E-state index contributed by atoms with van der Waals surface area (Å²) < 4.78 is 0. The molecule has 1 N–H and O–H groups in total. The molecule has 0 radical (unpaired) electrons. The Bertz CT molecular complexity index is 454. The average molecular weight is 258 g/mol. The van der Waals surface area contributed by atoms with Gasteiger partial charge in [-0.25, -0.2) is 0 Å². The van der Waals surface area contributed by atoms with E-state index in [1.165, 1.54) is 47.9 Å². The lowest BCUT2D eigenvalue weighted by Crippen LogP contribution is -2.15. The van der Waals surface area contributed by atoms with Gasteiger partial charge in [0.25, 0.3) is 0 Å². The van der Waals surface area contributed by atoms with Crippen LogP contribution in [0.25, 0.3) is 0 Å². The summed E-state index contributed by atoms with van der Waals surface area (Å²) in [6.45, 7) is 6.41. The van der Waals surface area contributed by atoms with Gasteiger partial charge < -0.3 is 5.11 Å². The highest BCUT2D eigenvalue weighted by Gasteiger charge is 2.40. The van der Waals surface area contributed by atoms with Gasteiger partial charge in [0.15, 0.2) is 0 Å². The van der Waals surface area contributed by atoms with Crippen molar-refractivity contribution in [2.75, 3.05) is 0 Å². The minimum Gasteiger partial charge on any atom is -0.388 e. The van der Waals surface area contributed by atoms with Gasteiger partial charge in [-0.05, 0) is 80.9 Å². The monoisotopic (exact) mass is 258 g/mol. The predicted octanol–water partition coefficient (Wildman–Crippen LogP) is 4.47. The smallest absolute Gasteiger partial charge is 0.0797 e. The van der Waals surface area contributed by atoms with Gasteiger partial charge in [0.1, 0.15) is 0 Å². The van der Waals surface area contributed by atoms with Crippen LogP contribution in [0, 0.1) is 38.5 Å². The van der Waals surface area contributed by atoms with Crippen LogP contribution < -0.4 is 0 Å². The van der Waals surface area contributed by atoms with Crippen molar-refractivity contribution in [1.29, 1.82) is 0 Å². The number of rotatable bonds is 3. The maximum Gasteiger partial charge on any atom is 0.0797 e. The highest BCUT2D eigenvalue weighted by atomic mass is 16.3. The summed E-state index contributed by atoms with van der Waals surface area (Å²) in [5, 5.41) is 10.7. The molecule has 0 aromatic heterocycles. The third-order valence-electron chi connectivity index (χ3n) is 5.48. The van der Waals surface area contributed by atoms with E-state index < -0.39 is 0 Å². The van der Waals surface area contributed by atoms with Gasteiger partial charge in [-0.2, -0.15) is 0 Å². The van der Waals surface area contributed by atoms with Crippen LogP contribution in [0.1, 0.15) is 60.5 Å². The van der Waals surface area contributed by atoms with Crippen LogP contribution in [-0.2, 0) is 0 Å². The fourth-order valence-corrected chi connectivity index (χ4v) is 4.79. The molecule has 3 rings (SSSR count). The van der Waals surface area contributed by atoms with E-state index in [0.717, 1.165) is 24.2 Å². The van der Waals surface area contributed by atoms with Crippen molar-refractivity contribution in [3.63, 3.8) is 0 Å². The zero-order chi connectivity index (χ0) is 13.6. The van der Waals surface area contributed by atoms with Crippen molar-refractivity contribution in [3.8, 4) is 0 Å². The van der Waals surface area contributed by atoms with E-state index in [-0.39, 0.29) is 6.10 Å². The molecule has 0 spiro atoms. The number of aryl methyl sites for hydroxylation is 3. The Morgan fingerprint density at radius 3 is 2.32 bits per heavy atom. The largest absolute Gasteiger partial charge is 0.388 e. The molecular weight excluding hydrogens is 232 g/mol. The Hall–Kier alpha value is -0.820. The second kappa shape index (κ2) is 4.94. The molecule has 2 saturated carbocycles. The number of hydrogen-bond donors (Lipinski definition) is 1. The average Bonchev–Trinajstić information content (AvgIpc) is 2.89. The van der Waals surface area contributed by atoms with Gasteiger partial charge in [-0.15, -0.1) is 0 Å². The molecule has 2 aliphatic carbocycles. The van der Waals surface area contributed by atoms with E-state index in [0.29, 0.717) is 0 Å². The lowest BCUT2D eigenvalue weighted by Gasteiger charge is -2.26. The second-order valence-corrected chi connectivity index (χ2v) is 7.00. The fraction of sp³-hybridized carbons (Fsp3) is 0.667. The summed E-state index contributed by atoms with van der Waals surface area (Å²) in [5.41, 5.74) is 5.00. The van der Waals surface area contributed by atoms with E-state index >= 15 is 0 Å². The van der Waals surface area contributed by atoms with Gasteiger partial charge in [-0.1, -0.05) is 24.1 Å². The van der Waals surface area contributed by atoms with E-state index in [1.54, 1.807) is 0 Å². The zero-order valence-electron chi connectivity index (χ0n) is 12.4. The van der Waals surface area contributed by atoms with Gasteiger partial charge in [0, 0.05) is 0 Å². The van der Waals surface area contributed by atoms with Crippen LogP contribution >= 0.6 is 0 Å². The van der Waals surface area contributed by atoms with Crippen molar-refractivity contribution in [2.24, 2.45) is 17.8 Å². The minimum atomic E-state index is -0.259. The van der Waals surface area contributed by atoms with Gasteiger partial charge in [-0.3, -0.25) is 0 Å². The molecule has 1 nitrogen and oxygen atoms in total. The number of aliphatic hydroxyl groups excluding tert-OH is 1. The Morgan fingerprint density at radius 1 is 1.11 bits per heavy atom. The van der Waals surface area contributed by atoms with Crippen LogP contribution in [0.3, 0.4) is 0 Å². The van der Waals surface area contributed by atoms with Crippen molar-refractivity contribution >= 4 is 0 Å². The summed E-state index contributed by atoms with van der Waals surface area (Å²) in [5.74, 6) is 2.65. The first-order valence-electron chi connectivity index (χ1n) is 7.80. The normalized spacial score (nSPS) is 30.8. The molecule has 0 aliphatic heterocycles. The zero-order valence-corrected chi connectivity index (χ0v) is 12.4. The number of benzene rings is 1. The van der Waals surface area contributed by atoms with E-state index in [9.17, 15) is 5.11 Å². The Kier molecular flexibility index (Phi) is 3.42. The molecule has 0 amide bonds. The molecule has 4 atom stereocenters. The number of fused-ring (bicyclic) bond motifs is 2. The van der Waals surface area contributed by atoms with Crippen LogP contribution in [-0.4, -0.2) is 5.11 Å². The molecule has 2 aliphatic rings. The van der Waals surface area contributed by atoms with Crippen LogP contribution in [0.2, 0.25) is 0 Å². The van der Waals surface area contributed by atoms with Crippen molar-refractivity contribution in [3.05, 3.63) is 34.4 Å².